The summed E-state index contributed by atoms with van der Waals surface area (Å²) >= 11 is 1.43. The first-order valence-electron chi connectivity index (χ1n) is 3.46. The van der Waals surface area contributed by atoms with Gasteiger partial charge in [-0.25, -0.2) is 4.98 Å². The Kier molecular flexibility index (Phi) is 1.67. The van der Waals surface area contributed by atoms with Crippen molar-refractivity contribution in [3.8, 4) is 0 Å². The molecule has 0 amide bonds. The van der Waals surface area contributed by atoms with Gasteiger partial charge in [0.1, 0.15) is 0 Å². The van der Waals surface area contributed by atoms with E-state index in [0.29, 0.717) is 10.5 Å². The van der Waals surface area contributed by atoms with Crippen LogP contribution in [-0.4, -0.2) is 9.38 Å². The van der Waals surface area contributed by atoms with Crippen molar-refractivity contribution in [3.63, 3.8) is 0 Å². The van der Waals surface area contributed by atoms with Crippen LogP contribution in [-0.2, 0) is 6.54 Å². The van der Waals surface area contributed by atoms with E-state index in [0.717, 1.165) is 0 Å². The summed E-state index contributed by atoms with van der Waals surface area (Å²) in [5.41, 5.74) is 5.84. The molecule has 0 aliphatic rings. The maximum atomic E-state index is 11.5. The molecule has 2 aromatic rings. The average molecular weight is 181 g/mol. The zero-order chi connectivity index (χ0) is 8.55. The summed E-state index contributed by atoms with van der Waals surface area (Å²) in [6.45, 7) is 0.241. The smallest absolute Gasteiger partial charge is 0.262 e. The molecule has 0 aromatic carbocycles. The third-order valence-electron chi connectivity index (χ3n) is 1.63. The third-order valence-corrected chi connectivity index (χ3v) is 2.40. The number of fused-ring (bicyclic) bond motifs is 1. The Morgan fingerprint density at radius 1 is 1.67 bits per heavy atom. The highest BCUT2D eigenvalue weighted by atomic mass is 32.1. The van der Waals surface area contributed by atoms with E-state index in [-0.39, 0.29) is 12.1 Å². The quantitative estimate of drug-likeness (QED) is 0.684. The monoisotopic (exact) mass is 181 g/mol. The summed E-state index contributed by atoms with van der Waals surface area (Å²) < 4.78 is 1.51. The van der Waals surface area contributed by atoms with E-state index in [9.17, 15) is 4.79 Å². The first kappa shape index (κ1) is 7.45. The van der Waals surface area contributed by atoms with Crippen molar-refractivity contribution in [3.05, 3.63) is 33.7 Å². The van der Waals surface area contributed by atoms with Crippen molar-refractivity contribution in [2.45, 2.75) is 6.54 Å². The van der Waals surface area contributed by atoms with Gasteiger partial charge in [-0.2, -0.15) is 0 Å². The lowest BCUT2D eigenvalue weighted by Gasteiger charge is -1.95. The number of hydrogen-bond acceptors (Lipinski definition) is 4. The highest BCUT2D eigenvalue weighted by Gasteiger charge is 2.02. The van der Waals surface area contributed by atoms with Gasteiger partial charge in [-0.3, -0.25) is 9.20 Å². The fourth-order valence-electron chi connectivity index (χ4n) is 1.00. The molecule has 0 fully saturated rings. The highest BCUT2D eigenvalue weighted by molar-refractivity contribution is 7.15. The molecule has 2 rings (SSSR count). The molecule has 0 aliphatic heterocycles. The van der Waals surface area contributed by atoms with Gasteiger partial charge in [0.05, 0.1) is 0 Å². The molecule has 2 aromatic heterocycles. The van der Waals surface area contributed by atoms with Gasteiger partial charge < -0.3 is 5.73 Å². The van der Waals surface area contributed by atoms with Crippen molar-refractivity contribution < 1.29 is 0 Å². The molecule has 12 heavy (non-hydrogen) atoms. The van der Waals surface area contributed by atoms with E-state index in [2.05, 4.69) is 4.98 Å². The van der Waals surface area contributed by atoms with Crippen LogP contribution in [0.15, 0.2) is 22.6 Å². The second-order valence-electron chi connectivity index (χ2n) is 2.35. The zero-order valence-electron chi connectivity index (χ0n) is 6.23. The Morgan fingerprint density at radius 2 is 2.50 bits per heavy atom. The molecule has 0 saturated carbocycles. The molecule has 0 radical (unpaired) electrons. The number of hydrogen-bond donors (Lipinski definition) is 1. The minimum atomic E-state index is -0.0660. The van der Waals surface area contributed by atoms with Crippen LogP contribution >= 0.6 is 11.3 Å². The standard InChI is InChI=1S/C7H7N3OS/c8-3-5-4-9-7-10(6(5)11)1-2-12-7/h1-2,4H,3,8H2. The Bertz CT molecular complexity index is 459. The number of aromatic nitrogens is 2. The molecule has 4 nitrogen and oxygen atoms in total. The first-order valence-corrected chi connectivity index (χ1v) is 4.34. The Balaban J connectivity index is 2.88. The number of nitrogens with zero attached hydrogens (tertiary/aromatic N) is 2. The molecule has 0 saturated heterocycles. The molecule has 0 spiro atoms. The normalized spacial score (nSPS) is 10.8. The molecule has 0 atom stereocenters. The van der Waals surface area contributed by atoms with E-state index in [1.807, 2.05) is 5.38 Å². The van der Waals surface area contributed by atoms with E-state index in [4.69, 9.17) is 5.73 Å². The average Bonchev–Trinajstić information content (AvgIpc) is 2.53. The topological polar surface area (TPSA) is 60.4 Å². The van der Waals surface area contributed by atoms with E-state index >= 15 is 0 Å². The van der Waals surface area contributed by atoms with Gasteiger partial charge in [-0.1, -0.05) is 0 Å². The van der Waals surface area contributed by atoms with Crippen LogP contribution in [0.3, 0.4) is 0 Å². The summed E-state index contributed by atoms with van der Waals surface area (Å²) in [4.78, 5) is 16.3. The van der Waals surface area contributed by atoms with Crippen LogP contribution in [0.1, 0.15) is 5.56 Å². The summed E-state index contributed by atoms with van der Waals surface area (Å²) in [5, 5.41) is 1.82. The van der Waals surface area contributed by atoms with Crippen molar-refractivity contribution in [1.82, 2.24) is 9.38 Å². The lowest BCUT2D eigenvalue weighted by atomic mass is 10.3. The first-order chi connectivity index (χ1) is 5.83. The SMILES string of the molecule is NCc1cnc2sccn2c1=O. The molecule has 0 aliphatic carbocycles. The summed E-state index contributed by atoms with van der Waals surface area (Å²) in [6.07, 6.45) is 3.24. The number of thiazole rings is 1. The van der Waals surface area contributed by atoms with Crippen LogP contribution in [0.25, 0.3) is 4.96 Å². The second-order valence-corrected chi connectivity index (χ2v) is 3.22. The summed E-state index contributed by atoms with van der Waals surface area (Å²) in [6, 6.07) is 0. The lowest BCUT2D eigenvalue weighted by Crippen LogP contribution is -2.19. The molecule has 2 heterocycles. The van der Waals surface area contributed by atoms with Gasteiger partial charge >= 0.3 is 0 Å². The Hall–Kier alpha value is -1.20. The molecule has 0 bridgehead atoms. The van der Waals surface area contributed by atoms with Crippen molar-refractivity contribution >= 4 is 16.3 Å². The fraction of sp³-hybridized carbons (Fsp3) is 0.143. The van der Waals surface area contributed by atoms with E-state index in [1.54, 1.807) is 6.20 Å². The lowest BCUT2D eigenvalue weighted by molar-refractivity contribution is 0.959. The van der Waals surface area contributed by atoms with Crippen molar-refractivity contribution in [2.24, 2.45) is 5.73 Å². The van der Waals surface area contributed by atoms with Crippen LogP contribution in [0.2, 0.25) is 0 Å². The van der Waals surface area contributed by atoms with Crippen molar-refractivity contribution in [2.75, 3.05) is 0 Å². The van der Waals surface area contributed by atoms with E-state index in [1.165, 1.54) is 21.9 Å². The fourth-order valence-corrected chi connectivity index (χ4v) is 1.68. The predicted octanol–water partition coefficient (Wildman–Crippen LogP) is 0.215. The Morgan fingerprint density at radius 3 is 3.25 bits per heavy atom. The summed E-state index contributed by atoms with van der Waals surface area (Å²) in [7, 11) is 0. The van der Waals surface area contributed by atoms with Gasteiger partial charge in [0.25, 0.3) is 5.56 Å². The number of nitrogens with two attached hydrogens (primary N) is 1. The molecular weight excluding hydrogens is 174 g/mol. The third kappa shape index (κ3) is 0.945. The van der Waals surface area contributed by atoms with Gasteiger partial charge in [0.2, 0.25) is 0 Å². The molecular formula is C7H7N3OS. The minimum Gasteiger partial charge on any atom is -0.326 e. The van der Waals surface area contributed by atoms with Gasteiger partial charge in [-0.05, 0) is 0 Å². The van der Waals surface area contributed by atoms with E-state index < -0.39 is 0 Å². The van der Waals surface area contributed by atoms with Gasteiger partial charge in [0, 0.05) is 29.9 Å². The predicted molar refractivity (Wildman–Crippen MR) is 47.2 cm³/mol. The summed E-state index contributed by atoms with van der Waals surface area (Å²) in [5.74, 6) is 0. The molecule has 5 heteroatoms. The van der Waals surface area contributed by atoms with Crippen LogP contribution in [0.4, 0.5) is 0 Å². The molecule has 62 valence electrons. The zero-order valence-corrected chi connectivity index (χ0v) is 7.04. The van der Waals surface area contributed by atoms with Crippen LogP contribution in [0, 0.1) is 0 Å². The maximum absolute atomic E-state index is 11.5. The van der Waals surface area contributed by atoms with Gasteiger partial charge in [-0.15, -0.1) is 11.3 Å². The van der Waals surface area contributed by atoms with Gasteiger partial charge in [0.15, 0.2) is 4.96 Å². The minimum absolute atomic E-state index is 0.0660. The van der Waals surface area contributed by atoms with Crippen LogP contribution < -0.4 is 11.3 Å². The Labute approximate surface area is 72.3 Å². The van der Waals surface area contributed by atoms with Crippen molar-refractivity contribution in [1.29, 1.82) is 0 Å². The second kappa shape index (κ2) is 2.69. The largest absolute Gasteiger partial charge is 0.326 e. The van der Waals surface area contributed by atoms with Crippen LogP contribution in [0.5, 0.6) is 0 Å². The maximum Gasteiger partial charge on any atom is 0.262 e. The molecule has 0 unspecified atom stereocenters. The highest BCUT2D eigenvalue weighted by Crippen LogP contribution is 2.04. The molecule has 2 N–H and O–H groups in total. The number of rotatable bonds is 1.